The topological polar surface area (TPSA) is 15.3 Å². The summed E-state index contributed by atoms with van der Waals surface area (Å²) < 4.78 is 0. The summed E-state index contributed by atoms with van der Waals surface area (Å²) in [7, 11) is 0. The summed E-state index contributed by atoms with van der Waals surface area (Å²) in [5.41, 5.74) is 0. The predicted molar refractivity (Wildman–Crippen MR) is 76.4 cm³/mol. The van der Waals surface area contributed by atoms with Gasteiger partial charge in [-0.25, -0.2) is 0 Å². The van der Waals surface area contributed by atoms with Crippen LogP contribution in [0.25, 0.3) is 0 Å². The van der Waals surface area contributed by atoms with E-state index in [2.05, 4.69) is 44.8 Å². The maximum Gasteiger partial charge on any atom is 0.0235 e. The minimum atomic E-state index is 0.780. The first kappa shape index (κ1) is 15.0. The van der Waals surface area contributed by atoms with Crippen LogP contribution in [0.4, 0.5) is 0 Å². The Labute approximate surface area is 108 Å². The lowest BCUT2D eigenvalue weighted by atomic mass is 9.93. The van der Waals surface area contributed by atoms with E-state index in [1.165, 1.54) is 38.9 Å². The minimum Gasteiger partial charge on any atom is -0.315 e. The van der Waals surface area contributed by atoms with Gasteiger partial charge in [-0.1, -0.05) is 34.6 Å². The molecule has 2 nitrogen and oxygen atoms in total. The first-order chi connectivity index (χ1) is 8.04. The quantitative estimate of drug-likeness (QED) is 0.735. The lowest BCUT2D eigenvalue weighted by Gasteiger charge is -2.37. The Bertz CT molecular complexity index is 185. The van der Waals surface area contributed by atoms with Gasteiger partial charge in [0.05, 0.1) is 0 Å². The monoisotopic (exact) mass is 240 g/mol. The molecule has 0 radical (unpaired) electrons. The Morgan fingerprint density at radius 2 is 1.71 bits per heavy atom. The molecule has 17 heavy (non-hydrogen) atoms. The minimum absolute atomic E-state index is 0.780. The Balaban J connectivity index is 2.62. The summed E-state index contributed by atoms with van der Waals surface area (Å²) in [6.07, 6.45) is 4.03. The Hall–Kier alpha value is -0.0800. The highest BCUT2D eigenvalue weighted by molar-refractivity contribution is 4.85. The molecule has 0 bridgehead atoms. The van der Waals surface area contributed by atoms with E-state index in [0.29, 0.717) is 0 Å². The van der Waals surface area contributed by atoms with E-state index in [-0.39, 0.29) is 0 Å². The fraction of sp³-hybridized carbons (Fsp3) is 1.00. The first-order valence-electron chi connectivity index (χ1n) is 7.51. The maximum atomic E-state index is 3.51. The van der Waals surface area contributed by atoms with Crippen molar-refractivity contribution in [2.45, 2.75) is 66.0 Å². The van der Waals surface area contributed by atoms with Gasteiger partial charge >= 0.3 is 0 Å². The van der Waals surface area contributed by atoms with Crippen molar-refractivity contribution in [1.29, 1.82) is 0 Å². The molecule has 0 spiro atoms. The number of nitrogens with zero attached hydrogens (tertiary/aromatic N) is 1. The van der Waals surface area contributed by atoms with Crippen molar-refractivity contribution in [3.63, 3.8) is 0 Å². The molecule has 0 aromatic rings. The highest BCUT2D eigenvalue weighted by Gasteiger charge is 2.28. The molecule has 1 aliphatic heterocycles. The second-order valence-corrected chi connectivity index (χ2v) is 6.39. The molecule has 0 aliphatic carbocycles. The van der Waals surface area contributed by atoms with E-state index in [0.717, 1.165) is 23.9 Å². The molecular weight excluding hydrogens is 208 g/mol. The lowest BCUT2D eigenvalue weighted by Crippen LogP contribution is -2.45. The van der Waals surface area contributed by atoms with Crippen LogP contribution >= 0.6 is 0 Å². The van der Waals surface area contributed by atoms with E-state index in [9.17, 15) is 0 Å². The molecule has 1 rings (SSSR count). The van der Waals surface area contributed by atoms with Crippen molar-refractivity contribution in [2.75, 3.05) is 19.6 Å². The molecule has 0 aromatic carbocycles. The van der Waals surface area contributed by atoms with Crippen molar-refractivity contribution in [3.05, 3.63) is 0 Å². The highest BCUT2D eigenvalue weighted by Crippen LogP contribution is 2.23. The third-order valence-electron chi connectivity index (χ3n) is 3.82. The third-order valence-corrected chi connectivity index (χ3v) is 3.82. The van der Waals surface area contributed by atoms with Crippen molar-refractivity contribution >= 4 is 0 Å². The smallest absolute Gasteiger partial charge is 0.0235 e. The molecule has 0 aromatic heterocycles. The van der Waals surface area contributed by atoms with E-state index >= 15 is 0 Å². The van der Waals surface area contributed by atoms with Gasteiger partial charge in [0.1, 0.15) is 0 Å². The summed E-state index contributed by atoms with van der Waals surface area (Å²) >= 11 is 0. The summed E-state index contributed by atoms with van der Waals surface area (Å²) in [5, 5.41) is 3.51. The zero-order chi connectivity index (χ0) is 12.8. The Kier molecular flexibility index (Phi) is 6.50. The van der Waals surface area contributed by atoms with Crippen LogP contribution in [0, 0.1) is 11.8 Å². The average molecular weight is 240 g/mol. The van der Waals surface area contributed by atoms with Gasteiger partial charge in [-0.15, -0.1) is 0 Å². The maximum absolute atomic E-state index is 3.51. The molecule has 2 heteroatoms. The second kappa shape index (κ2) is 7.38. The molecule has 1 saturated heterocycles. The normalized spacial score (nSPS) is 21.4. The highest BCUT2D eigenvalue weighted by atomic mass is 15.2. The molecule has 0 saturated carbocycles. The van der Waals surface area contributed by atoms with Gasteiger partial charge < -0.3 is 5.32 Å². The largest absolute Gasteiger partial charge is 0.315 e. The van der Waals surface area contributed by atoms with Crippen molar-refractivity contribution < 1.29 is 0 Å². The van der Waals surface area contributed by atoms with E-state index in [1.807, 2.05) is 0 Å². The number of hydrogen-bond donors (Lipinski definition) is 1. The number of hydrogen-bond acceptors (Lipinski definition) is 2. The SMILES string of the molecule is CCN(C1CCNC1)C(CC(C)C)CC(C)C. The molecule has 1 N–H and O–H groups in total. The van der Waals surface area contributed by atoms with E-state index in [1.54, 1.807) is 0 Å². The van der Waals surface area contributed by atoms with Crippen LogP contribution < -0.4 is 5.32 Å². The van der Waals surface area contributed by atoms with Crippen LogP contribution in [-0.2, 0) is 0 Å². The predicted octanol–water partition coefficient (Wildman–Crippen LogP) is 3.13. The third kappa shape index (κ3) is 4.97. The summed E-state index contributed by atoms with van der Waals surface area (Å²) in [4.78, 5) is 2.76. The summed E-state index contributed by atoms with van der Waals surface area (Å²) in [6.45, 7) is 15.4. The fourth-order valence-corrected chi connectivity index (χ4v) is 3.19. The number of nitrogens with one attached hydrogen (secondary N) is 1. The molecule has 1 fully saturated rings. The summed E-state index contributed by atoms with van der Waals surface area (Å²) in [5.74, 6) is 1.62. The van der Waals surface area contributed by atoms with Crippen LogP contribution in [0.5, 0.6) is 0 Å². The van der Waals surface area contributed by atoms with Gasteiger partial charge in [-0.3, -0.25) is 4.90 Å². The number of rotatable bonds is 7. The molecule has 1 heterocycles. The van der Waals surface area contributed by atoms with Gasteiger partial charge in [0.25, 0.3) is 0 Å². The second-order valence-electron chi connectivity index (χ2n) is 6.39. The van der Waals surface area contributed by atoms with Gasteiger partial charge in [0.15, 0.2) is 0 Å². The van der Waals surface area contributed by atoms with Crippen molar-refractivity contribution in [1.82, 2.24) is 10.2 Å². The van der Waals surface area contributed by atoms with E-state index in [4.69, 9.17) is 0 Å². The van der Waals surface area contributed by atoms with Gasteiger partial charge in [-0.05, 0) is 44.2 Å². The molecular formula is C15H32N2. The van der Waals surface area contributed by atoms with Crippen LogP contribution in [0.1, 0.15) is 53.9 Å². The lowest BCUT2D eigenvalue weighted by molar-refractivity contribution is 0.116. The number of likely N-dealkylation sites (N-methyl/N-ethyl adjacent to an activating group) is 1. The zero-order valence-corrected chi connectivity index (χ0v) is 12.5. The van der Waals surface area contributed by atoms with Crippen LogP contribution in [0.3, 0.4) is 0 Å². The average Bonchev–Trinajstić information content (AvgIpc) is 2.70. The zero-order valence-electron chi connectivity index (χ0n) is 12.5. The standard InChI is InChI=1S/C15H32N2/c1-6-17(14-7-8-16-11-14)15(9-12(2)3)10-13(4)5/h12-16H,6-11H2,1-5H3. The van der Waals surface area contributed by atoms with Crippen LogP contribution in [0.15, 0.2) is 0 Å². The molecule has 1 atom stereocenters. The molecule has 0 amide bonds. The molecule has 102 valence electrons. The van der Waals surface area contributed by atoms with Crippen LogP contribution in [0.2, 0.25) is 0 Å². The van der Waals surface area contributed by atoms with Gasteiger partial charge in [0, 0.05) is 18.6 Å². The molecule has 1 aliphatic rings. The fourth-order valence-electron chi connectivity index (χ4n) is 3.19. The van der Waals surface area contributed by atoms with Crippen LogP contribution in [-0.4, -0.2) is 36.6 Å². The van der Waals surface area contributed by atoms with E-state index < -0.39 is 0 Å². The Morgan fingerprint density at radius 3 is 2.06 bits per heavy atom. The first-order valence-corrected chi connectivity index (χ1v) is 7.51. The van der Waals surface area contributed by atoms with Crippen molar-refractivity contribution in [2.24, 2.45) is 11.8 Å². The Morgan fingerprint density at radius 1 is 1.12 bits per heavy atom. The van der Waals surface area contributed by atoms with Crippen molar-refractivity contribution in [3.8, 4) is 0 Å². The molecule has 1 unspecified atom stereocenters. The summed E-state index contributed by atoms with van der Waals surface area (Å²) in [6, 6.07) is 1.56. The van der Waals surface area contributed by atoms with Gasteiger partial charge in [-0.2, -0.15) is 0 Å². The van der Waals surface area contributed by atoms with Gasteiger partial charge in [0.2, 0.25) is 0 Å².